The quantitative estimate of drug-likeness (QED) is 0.791. The summed E-state index contributed by atoms with van der Waals surface area (Å²) in [5.74, 6) is 0. The minimum absolute atomic E-state index is 0.119. The van der Waals surface area contributed by atoms with Crippen molar-refractivity contribution in [2.75, 3.05) is 13.1 Å². The van der Waals surface area contributed by atoms with Crippen molar-refractivity contribution in [3.05, 3.63) is 0 Å². The van der Waals surface area contributed by atoms with Crippen molar-refractivity contribution < 1.29 is 9.53 Å². The van der Waals surface area contributed by atoms with Crippen LogP contribution in [0.15, 0.2) is 0 Å². The third kappa shape index (κ3) is 5.19. The number of hydrogen-bond donors (Lipinski definition) is 1. The van der Waals surface area contributed by atoms with Crippen LogP contribution in [0, 0.1) is 0 Å². The Bertz CT molecular complexity index is 195. The normalized spacial score (nSPS) is 19.4. The van der Waals surface area contributed by atoms with Gasteiger partial charge < -0.3 is 0 Å². The zero-order valence-electron chi connectivity index (χ0n) is 9.22. The Morgan fingerprint density at radius 2 is 1.93 bits per heavy atom. The average molecular weight is 304 g/mol. The van der Waals surface area contributed by atoms with Gasteiger partial charge in [0.25, 0.3) is 0 Å². The van der Waals surface area contributed by atoms with Crippen molar-refractivity contribution in [2.24, 2.45) is 0 Å². The van der Waals surface area contributed by atoms with Gasteiger partial charge in [-0.05, 0) is 0 Å². The number of ether oxygens (including phenoxy) is 1. The van der Waals surface area contributed by atoms with Gasteiger partial charge in [-0.2, -0.15) is 0 Å². The zero-order chi connectivity index (χ0) is 10.6. The maximum atomic E-state index is 11.6. The van der Waals surface area contributed by atoms with Crippen LogP contribution in [0.1, 0.15) is 33.6 Å². The summed E-state index contributed by atoms with van der Waals surface area (Å²) in [6, 6.07) is 0. The molecule has 1 aliphatic heterocycles. The van der Waals surface area contributed by atoms with Gasteiger partial charge in [0.1, 0.15) is 0 Å². The molecule has 4 heteroatoms. The summed E-state index contributed by atoms with van der Waals surface area (Å²) in [6.07, 6.45) is 2.34. The van der Waals surface area contributed by atoms with Gasteiger partial charge in [0.15, 0.2) is 0 Å². The Morgan fingerprint density at radius 3 is 2.43 bits per heavy atom. The molecule has 0 aromatic heterocycles. The average Bonchev–Trinajstić information content (AvgIpc) is 2.02. The molecule has 14 heavy (non-hydrogen) atoms. The van der Waals surface area contributed by atoms with E-state index in [2.05, 4.69) is 5.32 Å². The Labute approximate surface area is 96.2 Å². The Balaban J connectivity index is 2.25. The van der Waals surface area contributed by atoms with Gasteiger partial charge >= 0.3 is 96.2 Å². The molecule has 1 N–H and O–H groups in total. The number of carbonyl (C=O) groups excluding carboxylic acids is 1. The molecule has 0 aromatic carbocycles. The second kappa shape index (κ2) is 5.35. The topological polar surface area (TPSA) is 38.3 Å². The molecule has 2 radical (unpaired) electrons. The maximum absolute atomic E-state index is 11.6. The predicted molar refractivity (Wildman–Crippen MR) is 57.8 cm³/mol. The summed E-state index contributed by atoms with van der Waals surface area (Å²) in [5.41, 5.74) is -0.301. The van der Waals surface area contributed by atoms with E-state index in [0.717, 1.165) is 13.1 Å². The van der Waals surface area contributed by atoms with Crippen LogP contribution in [0.5, 0.6) is 0 Å². The van der Waals surface area contributed by atoms with Gasteiger partial charge in [-0.25, -0.2) is 0 Å². The molecule has 1 saturated heterocycles. The van der Waals surface area contributed by atoms with Crippen molar-refractivity contribution in [3.63, 3.8) is 0 Å². The van der Waals surface area contributed by atoms with Crippen LogP contribution in [0.4, 0.5) is 4.79 Å². The first-order valence-corrected chi connectivity index (χ1v) is 8.25. The van der Waals surface area contributed by atoms with E-state index in [0.29, 0.717) is 3.93 Å². The van der Waals surface area contributed by atoms with E-state index in [9.17, 15) is 4.79 Å². The molecule has 0 bridgehead atoms. The molecule has 1 aliphatic rings. The fourth-order valence-corrected chi connectivity index (χ4v) is 5.08. The van der Waals surface area contributed by atoms with E-state index in [1.165, 1.54) is 12.8 Å². The first kappa shape index (κ1) is 12.3. The van der Waals surface area contributed by atoms with Crippen LogP contribution in [-0.4, -0.2) is 43.8 Å². The van der Waals surface area contributed by atoms with Gasteiger partial charge in [0.2, 0.25) is 0 Å². The first-order chi connectivity index (χ1) is 6.47. The summed E-state index contributed by atoms with van der Waals surface area (Å²) in [6.45, 7) is 7.97. The molecule has 80 valence electrons. The van der Waals surface area contributed by atoms with Gasteiger partial charge in [-0.1, -0.05) is 0 Å². The number of nitrogens with one attached hydrogen (secondary N) is 1. The fraction of sp³-hybridized carbons (Fsp3) is 0.900. The van der Waals surface area contributed by atoms with Crippen molar-refractivity contribution in [1.82, 2.24) is 5.32 Å². The Kier molecular flexibility index (Phi) is 4.70. The molecule has 0 saturated carbocycles. The summed E-state index contributed by atoms with van der Waals surface area (Å²) >= 11 is -0.976. The van der Waals surface area contributed by atoms with Gasteiger partial charge in [-0.3, -0.25) is 0 Å². The van der Waals surface area contributed by atoms with E-state index < -0.39 is 21.1 Å². The molecule has 0 aromatic rings. The SMILES string of the molecule is CC(C)(C)O[C](=O)[Sn][CH]1CCNCC1. The molecule has 0 amide bonds. The third-order valence-electron chi connectivity index (χ3n) is 2.06. The summed E-state index contributed by atoms with van der Waals surface area (Å²) in [7, 11) is 0. The first-order valence-electron chi connectivity index (χ1n) is 5.17. The van der Waals surface area contributed by atoms with Crippen LogP contribution in [-0.2, 0) is 4.74 Å². The second-order valence-corrected chi connectivity index (χ2v) is 8.99. The predicted octanol–water partition coefficient (Wildman–Crippen LogP) is 1.80. The molecule has 0 spiro atoms. The molecule has 1 fully saturated rings. The summed E-state index contributed by atoms with van der Waals surface area (Å²) < 4.78 is 6.16. The van der Waals surface area contributed by atoms with Gasteiger partial charge in [0, 0.05) is 0 Å². The molecule has 1 heterocycles. The molecule has 0 unspecified atom stereocenters. The van der Waals surface area contributed by atoms with Crippen LogP contribution >= 0.6 is 0 Å². The molecular weight excluding hydrogens is 285 g/mol. The van der Waals surface area contributed by atoms with Crippen LogP contribution in [0.3, 0.4) is 0 Å². The van der Waals surface area contributed by atoms with E-state index in [-0.39, 0.29) is 9.59 Å². The monoisotopic (exact) mass is 305 g/mol. The minimum atomic E-state index is -0.976. The van der Waals surface area contributed by atoms with Gasteiger partial charge in [0.05, 0.1) is 0 Å². The van der Waals surface area contributed by atoms with E-state index in [1.54, 1.807) is 0 Å². The van der Waals surface area contributed by atoms with E-state index >= 15 is 0 Å². The van der Waals surface area contributed by atoms with Crippen molar-refractivity contribution in [1.29, 1.82) is 0 Å². The number of hydrogen-bond acceptors (Lipinski definition) is 3. The molecule has 3 nitrogen and oxygen atoms in total. The van der Waals surface area contributed by atoms with Crippen molar-refractivity contribution in [2.45, 2.75) is 43.1 Å². The zero-order valence-corrected chi connectivity index (χ0v) is 12.1. The molecular formula is C10H19NO2Sn. The van der Waals surface area contributed by atoms with E-state index in [1.807, 2.05) is 20.8 Å². The molecule has 0 aliphatic carbocycles. The van der Waals surface area contributed by atoms with Crippen LogP contribution in [0.2, 0.25) is 3.93 Å². The number of rotatable bonds is 2. The summed E-state index contributed by atoms with van der Waals surface area (Å²) in [5, 5.41) is 3.31. The van der Waals surface area contributed by atoms with Gasteiger partial charge in [-0.15, -0.1) is 0 Å². The number of carbonyl (C=O) groups is 1. The van der Waals surface area contributed by atoms with Crippen molar-refractivity contribution >= 4 is 25.1 Å². The molecule has 0 atom stereocenters. The van der Waals surface area contributed by atoms with Crippen LogP contribution in [0.25, 0.3) is 0 Å². The van der Waals surface area contributed by atoms with Crippen molar-refractivity contribution in [3.8, 4) is 0 Å². The second-order valence-electron chi connectivity index (χ2n) is 4.67. The number of piperidine rings is 1. The van der Waals surface area contributed by atoms with E-state index in [4.69, 9.17) is 4.74 Å². The molecule has 1 rings (SSSR count). The Morgan fingerprint density at radius 1 is 1.36 bits per heavy atom. The standard InChI is InChI=1S/C5H10N.C5H9O2.Sn/c1-2-4-6-5-3-1;1-5(2,3)7-4-6;/h1,6H,2-5H2;1-3H3;. The Hall–Kier alpha value is 0.229. The fourth-order valence-electron chi connectivity index (χ4n) is 1.44. The third-order valence-corrected chi connectivity index (χ3v) is 5.84. The summed E-state index contributed by atoms with van der Waals surface area (Å²) in [4.78, 5) is 11.6. The van der Waals surface area contributed by atoms with Crippen LogP contribution < -0.4 is 5.32 Å².